The van der Waals surface area contributed by atoms with Crippen LogP contribution in [0.2, 0.25) is 0 Å². The molecule has 2 aromatic heterocycles. The van der Waals surface area contributed by atoms with Gasteiger partial charge < -0.3 is 15.3 Å². The van der Waals surface area contributed by atoms with Gasteiger partial charge in [-0.05, 0) is 42.2 Å². The van der Waals surface area contributed by atoms with Gasteiger partial charge in [0.05, 0.1) is 23.5 Å². The van der Waals surface area contributed by atoms with E-state index in [9.17, 15) is 4.79 Å². The molecule has 1 amide bonds. The maximum atomic E-state index is 12.7. The third-order valence-electron chi connectivity index (χ3n) is 4.71. The molecule has 6 heteroatoms. The fraction of sp³-hybridized carbons (Fsp3) is 0.238. The summed E-state index contributed by atoms with van der Waals surface area (Å²) >= 11 is 1.77. The van der Waals surface area contributed by atoms with E-state index in [4.69, 9.17) is 0 Å². The number of carbonyl (C=O) groups is 1. The van der Waals surface area contributed by atoms with Crippen LogP contribution in [0.4, 0.5) is 0 Å². The zero-order valence-corrected chi connectivity index (χ0v) is 16.0. The van der Waals surface area contributed by atoms with Gasteiger partial charge in [-0.25, -0.2) is 4.98 Å². The van der Waals surface area contributed by atoms with Crippen LogP contribution in [-0.4, -0.2) is 32.9 Å². The molecule has 1 atom stereocenters. The molecule has 3 N–H and O–H groups in total. The van der Waals surface area contributed by atoms with E-state index < -0.39 is 0 Å². The Morgan fingerprint density at radius 1 is 1.15 bits per heavy atom. The quantitative estimate of drug-likeness (QED) is 0.451. The molecule has 0 aliphatic carbocycles. The number of H-pyrrole nitrogens is 2. The van der Waals surface area contributed by atoms with E-state index in [1.165, 1.54) is 0 Å². The first-order chi connectivity index (χ1) is 13.2. The van der Waals surface area contributed by atoms with Gasteiger partial charge in [0.2, 0.25) is 5.91 Å². The Morgan fingerprint density at radius 3 is 2.74 bits per heavy atom. The summed E-state index contributed by atoms with van der Waals surface area (Å²) < 4.78 is 0. The van der Waals surface area contributed by atoms with Crippen molar-refractivity contribution < 1.29 is 4.79 Å². The van der Waals surface area contributed by atoms with Crippen molar-refractivity contribution in [3.8, 4) is 0 Å². The highest BCUT2D eigenvalue weighted by Crippen LogP contribution is 2.22. The van der Waals surface area contributed by atoms with Crippen molar-refractivity contribution >= 4 is 39.6 Å². The first-order valence-electron chi connectivity index (χ1n) is 9.02. The Hall–Kier alpha value is -2.73. The number of nitrogens with one attached hydrogen (secondary N) is 3. The molecule has 0 spiro atoms. The summed E-state index contributed by atoms with van der Waals surface area (Å²) in [6.07, 6.45) is 5.17. The van der Waals surface area contributed by atoms with Gasteiger partial charge in [0.15, 0.2) is 0 Å². The molecule has 0 aliphatic heterocycles. The average Bonchev–Trinajstić information content (AvgIpc) is 3.29. The van der Waals surface area contributed by atoms with Crippen LogP contribution in [0.1, 0.15) is 23.9 Å². The van der Waals surface area contributed by atoms with Crippen LogP contribution in [0, 0.1) is 0 Å². The fourth-order valence-electron chi connectivity index (χ4n) is 3.35. The molecular weight excluding hydrogens is 356 g/mol. The molecule has 2 heterocycles. The van der Waals surface area contributed by atoms with Crippen LogP contribution in [0.25, 0.3) is 21.9 Å². The zero-order valence-electron chi connectivity index (χ0n) is 15.2. The van der Waals surface area contributed by atoms with Crippen molar-refractivity contribution in [2.24, 2.45) is 0 Å². The minimum absolute atomic E-state index is 0.00584. The summed E-state index contributed by atoms with van der Waals surface area (Å²) in [5, 5.41) is 4.27. The number of benzene rings is 2. The molecule has 5 nitrogen and oxygen atoms in total. The number of hydrogen-bond donors (Lipinski definition) is 3. The minimum atomic E-state index is -0.123. The first kappa shape index (κ1) is 17.7. The van der Waals surface area contributed by atoms with Gasteiger partial charge >= 0.3 is 0 Å². The maximum absolute atomic E-state index is 12.7. The number of nitrogens with zero attached hydrogens (tertiary/aromatic N) is 1. The lowest BCUT2D eigenvalue weighted by molar-refractivity contribution is -0.121. The predicted octanol–water partition coefficient (Wildman–Crippen LogP) is 4.20. The van der Waals surface area contributed by atoms with E-state index in [0.717, 1.165) is 45.5 Å². The third-order valence-corrected chi connectivity index (χ3v) is 5.35. The number of hydrogen-bond acceptors (Lipinski definition) is 3. The van der Waals surface area contributed by atoms with E-state index in [2.05, 4.69) is 26.5 Å². The second kappa shape index (κ2) is 7.88. The second-order valence-electron chi connectivity index (χ2n) is 6.58. The highest BCUT2D eigenvalue weighted by molar-refractivity contribution is 7.98. The van der Waals surface area contributed by atoms with Crippen LogP contribution < -0.4 is 5.32 Å². The van der Waals surface area contributed by atoms with Gasteiger partial charge in [-0.3, -0.25) is 4.79 Å². The number of para-hydroxylation sites is 3. The lowest BCUT2D eigenvalue weighted by Crippen LogP contribution is -2.31. The molecule has 0 saturated carbocycles. The number of aromatic nitrogens is 3. The number of thioether (sulfide) groups is 1. The largest absolute Gasteiger partial charge is 0.361 e. The lowest BCUT2D eigenvalue weighted by Gasteiger charge is -2.16. The van der Waals surface area contributed by atoms with E-state index in [0.29, 0.717) is 6.42 Å². The summed E-state index contributed by atoms with van der Waals surface area (Å²) in [5.41, 5.74) is 3.98. The molecule has 0 bridgehead atoms. The maximum Gasteiger partial charge on any atom is 0.225 e. The smallest absolute Gasteiger partial charge is 0.225 e. The Kier molecular flexibility index (Phi) is 5.16. The number of imidazole rings is 1. The van der Waals surface area contributed by atoms with Gasteiger partial charge in [-0.15, -0.1) is 0 Å². The normalized spacial score (nSPS) is 12.5. The third kappa shape index (κ3) is 3.85. The predicted molar refractivity (Wildman–Crippen MR) is 112 cm³/mol. The standard InChI is InChI=1S/C21H22N4OS/c1-27-11-10-19(21-24-17-8-4-5-9-18(17)25-21)23-20(26)12-14-13-22-16-7-3-2-6-15(14)16/h2-9,13,19,22H,10-12H2,1H3,(H,23,26)(H,24,25). The van der Waals surface area contributed by atoms with Crippen molar-refractivity contribution in [3.63, 3.8) is 0 Å². The summed E-state index contributed by atoms with van der Waals surface area (Å²) in [7, 11) is 0. The zero-order chi connectivity index (χ0) is 18.6. The van der Waals surface area contributed by atoms with Gasteiger partial charge in [0.1, 0.15) is 5.82 Å². The Morgan fingerprint density at radius 2 is 1.93 bits per heavy atom. The van der Waals surface area contributed by atoms with Gasteiger partial charge in [0.25, 0.3) is 0 Å². The SMILES string of the molecule is CSCCC(NC(=O)Cc1c[nH]c2ccccc12)c1nc2ccccc2[nH]1. The van der Waals surface area contributed by atoms with Crippen molar-refractivity contribution in [1.82, 2.24) is 20.3 Å². The molecule has 138 valence electrons. The second-order valence-corrected chi connectivity index (χ2v) is 7.56. The Labute approximate surface area is 162 Å². The van der Waals surface area contributed by atoms with Gasteiger partial charge in [-0.2, -0.15) is 11.8 Å². The fourth-order valence-corrected chi connectivity index (χ4v) is 3.82. The molecule has 4 rings (SSSR count). The average molecular weight is 379 g/mol. The van der Waals surface area contributed by atoms with Crippen LogP contribution in [-0.2, 0) is 11.2 Å². The van der Waals surface area contributed by atoms with Crippen LogP contribution in [0.3, 0.4) is 0 Å². The minimum Gasteiger partial charge on any atom is -0.361 e. The number of aromatic amines is 2. The van der Waals surface area contributed by atoms with Crippen molar-refractivity contribution in [1.29, 1.82) is 0 Å². The van der Waals surface area contributed by atoms with Crippen molar-refractivity contribution in [2.75, 3.05) is 12.0 Å². The monoisotopic (exact) mass is 378 g/mol. The van der Waals surface area contributed by atoms with E-state index in [1.807, 2.05) is 54.7 Å². The topological polar surface area (TPSA) is 73.6 Å². The summed E-state index contributed by atoms with van der Waals surface area (Å²) in [5.74, 6) is 1.78. The summed E-state index contributed by atoms with van der Waals surface area (Å²) in [6, 6.07) is 15.9. The summed E-state index contributed by atoms with van der Waals surface area (Å²) in [4.78, 5) is 24.0. The number of amides is 1. The molecular formula is C21H22N4OS. The Bertz CT molecular complexity index is 1040. The van der Waals surface area contributed by atoms with Crippen LogP contribution in [0.5, 0.6) is 0 Å². The summed E-state index contributed by atoms with van der Waals surface area (Å²) in [6.45, 7) is 0. The number of fused-ring (bicyclic) bond motifs is 2. The molecule has 1 unspecified atom stereocenters. The molecule has 0 fully saturated rings. The molecule has 2 aromatic carbocycles. The van der Waals surface area contributed by atoms with Gasteiger partial charge in [-0.1, -0.05) is 30.3 Å². The molecule has 0 aliphatic rings. The van der Waals surface area contributed by atoms with E-state index >= 15 is 0 Å². The van der Waals surface area contributed by atoms with Gasteiger partial charge in [0, 0.05) is 17.1 Å². The van der Waals surface area contributed by atoms with Crippen LogP contribution >= 0.6 is 11.8 Å². The lowest BCUT2D eigenvalue weighted by atomic mass is 10.1. The van der Waals surface area contributed by atoms with E-state index in [1.54, 1.807) is 11.8 Å². The molecule has 4 aromatic rings. The van der Waals surface area contributed by atoms with Crippen LogP contribution in [0.15, 0.2) is 54.7 Å². The van der Waals surface area contributed by atoms with Crippen molar-refractivity contribution in [2.45, 2.75) is 18.9 Å². The molecule has 27 heavy (non-hydrogen) atoms. The number of rotatable bonds is 7. The molecule has 0 saturated heterocycles. The highest BCUT2D eigenvalue weighted by atomic mass is 32.2. The highest BCUT2D eigenvalue weighted by Gasteiger charge is 2.19. The first-order valence-corrected chi connectivity index (χ1v) is 10.4. The van der Waals surface area contributed by atoms with E-state index in [-0.39, 0.29) is 11.9 Å². The Balaban J connectivity index is 1.53. The number of carbonyl (C=O) groups excluding carboxylic acids is 1. The van der Waals surface area contributed by atoms with Crippen molar-refractivity contribution in [3.05, 3.63) is 66.1 Å². The molecule has 0 radical (unpaired) electrons.